The predicted octanol–water partition coefficient (Wildman–Crippen LogP) is 5.84. The minimum atomic E-state index is -2.43. The molecule has 3 aromatic carbocycles. The Kier molecular flexibility index (Phi) is 9.31. The van der Waals surface area contributed by atoms with E-state index in [9.17, 15) is 27.1 Å². The van der Waals surface area contributed by atoms with Crippen LogP contribution in [0.5, 0.6) is 0 Å². The van der Waals surface area contributed by atoms with Crippen molar-refractivity contribution in [1.82, 2.24) is 9.62 Å². The van der Waals surface area contributed by atoms with Crippen LogP contribution < -0.4 is 10.8 Å². The SMILES string of the molecule is CNC(=O)c1c(-c2ccc(F)c(F)c2)oc2cc(CN(Cc3ccc(B4OC(C)(C)C(C)(C)O4)c(C(=O)OC)c3)S(=O)O)c(C3CC3)cc12. The summed E-state index contributed by atoms with van der Waals surface area (Å²) in [7, 11) is 1.91. The second-order valence-electron chi connectivity index (χ2n) is 13.4. The smallest absolute Gasteiger partial charge is 0.465 e. The van der Waals surface area contributed by atoms with Gasteiger partial charge in [-0.1, -0.05) is 12.1 Å². The second-order valence-corrected chi connectivity index (χ2v) is 14.3. The molecule has 4 aromatic rings. The van der Waals surface area contributed by atoms with Crippen LogP contribution in [0.25, 0.3) is 22.3 Å². The highest BCUT2D eigenvalue weighted by Crippen LogP contribution is 2.45. The van der Waals surface area contributed by atoms with Gasteiger partial charge < -0.3 is 23.8 Å². The minimum absolute atomic E-state index is 0.0132. The number of hydrogen-bond donors (Lipinski definition) is 2. The number of esters is 1. The molecule has 258 valence electrons. The quantitative estimate of drug-likeness (QED) is 0.121. The van der Waals surface area contributed by atoms with Crippen molar-refractivity contribution in [3.05, 3.63) is 88.0 Å². The average molecular weight is 695 g/mol. The number of carbonyl (C=O) groups excluding carboxylic acids is 2. The van der Waals surface area contributed by atoms with Crippen LogP contribution in [0.3, 0.4) is 0 Å². The number of nitrogens with zero attached hydrogens (tertiary/aromatic N) is 1. The number of ether oxygens (including phenoxy) is 1. The van der Waals surface area contributed by atoms with Gasteiger partial charge in [-0.05, 0) is 105 Å². The van der Waals surface area contributed by atoms with E-state index >= 15 is 0 Å². The third-order valence-electron chi connectivity index (χ3n) is 9.56. The number of benzene rings is 3. The molecular formula is C35H37BF2N2O8S. The summed E-state index contributed by atoms with van der Waals surface area (Å²) in [4.78, 5) is 26.0. The van der Waals surface area contributed by atoms with E-state index in [1.807, 2.05) is 33.8 Å². The third-order valence-corrected chi connectivity index (χ3v) is 10.3. The van der Waals surface area contributed by atoms with Crippen molar-refractivity contribution in [1.29, 1.82) is 0 Å². The van der Waals surface area contributed by atoms with Crippen molar-refractivity contribution in [3.8, 4) is 11.3 Å². The molecule has 1 saturated heterocycles. The number of fused-ring (bicyclic) bond motifs is 1. The lowest BCUT2D eigenvalue weighted by molar-refractivity contribution is 0.00578. The van der Waals surface area contributed by atoms with Crippen LogP contribution in [-0.4, -0.2) is 57.4 Å². The van der Waals surface area contributed by atoms with Crippen LogP contribution in [0.4, 0.5) is 8.78 Å². The van der Waals surface area contributed by atoms with Crippen molar-refractivity contribution < 1.29 is 45.6 Å². The molecule has 49 heavy (non-hydrogen) atoms. The number of nitrogens with one attached hydrogen (secondary N) is 1. The summed E-state index contributed by atoms with van der Waals surface area (Å²) in [5.74, 6) is -2.94. The van der Waals surface area contributed by atoms with Gasteiger partial charge in [-0.3, -0.25) is 9.35 Å². The Labute approximate surface area is 285 Å². The zero-order chi connectivity index (χ0) is 35.4. The van der Waals surface area contributed by atoms with Gasteiger partial charge in [-0.2, -0.15) is 4.31 Å². The molecule has 1 atom stereocenters. The zero-order valence-electron chi connectivity index (χ0n) is 28.0. The molecule has 1 aliphatic heterocycles. The number of carbonyl (C=O) groups is 2. The van der Waals surface area contributed by atoms with Gasteiger partial charge in [0.2, 0.25) is 11.3 Å². The molecule has 0 bridgehead atoms. The summed E-state index contributed by atoms with van der Waals surface area (Å²) in [6.45, 7) is 7.64. The first-order chi connectivity index (χ1) is 23.1. The molecule has 1 aromatic heterocycles. The lowest BCUT2D eigenvalue weighted by Crippen LogP contribution is -2.41. The molecule has 0 radical (unpaired) electrons. The topological polar surface area (TPSA) is 128 Å². The maximum Gasteiger partial charge on any atom is 0.495 e. The fourth-order valence-corrected chi connectivity index (χ4v) is 6.54. The van der Waals surface area contributed by atoms with Gasteiger partial charge in [-0.25, -0.2) is 17.8 Å². The first-order valence-corrected chi connectivity index (χ1v) is 16.9. The van der Waals surface area contributed by atoms with Crippen LogP contribution in [0.2, 0.25) is 0 Å². The van der Waals surface area contributed by atoms with E-state index < -0.39 is 53.1 Å². The maximum absolute atomic E-state index is 14.2. The lowest BCUT2D eigenvalue weighted by atomic mass is 9.75. The first-order valence-electron chi connectivity index (χ1n) is 15.8. The van der Waals surface area contributed by atoms with Crippen molar-refractivity contribution in [3.63, 3.8) is 0 Å². The molecule has 0 spiro atoms. The first kappa shape index (κ1) is 34.9. The fraction of sp³-hybridized carbons (Fsp3) is 0.371. The van der Waals surface area contributed by atoms with Crippen LogP contribution in [-0.2, 0) is 38.4 Å². The highest BCUT2D eigenvalue weighted by atomic mass is 32.2. The number of rotatable bonds is 10. The Morgan fingerprint density at radius 2 is 1.71 bits per heavy atom. The van der Waals surface area contributed by atoms with Crippen LogP contribution in [0, 0.1) is 11.6 Å². The Bertz CT molecular complexity index is 1980. The molecule has 2 aliphatic rings. The van der Waals surface area contributed by atoms with Crippen LogP contribution in [0.15, 0.2) is 52.9 Å². The van der Waals surface area contributed by atoms with E-state index in [0.717, 1.165) is 30.5 Å². The van der Waals surface area contributed by atoms with E-state index in [2.05, 4.69) is 5.32 Å². The number of furan rings is 1. The number of halogens is 2. The Morgan fingerprint density at radius 3 is 2.31 bits per heavy atom. The van der Waals surface area contributed by atoms with Gasteiger partial charge in [0.25, 0.3) is 5.91 Å². The van der Waals surface area contributed by atoms with Crippen molar-refractivity contribution in [2.75, 3.05) is 14.2 Å². The van der Waals surface area contributed by atoms with Gasteiger partial charge in [0.05, 0.1) is 29.4 Å². The molecule has 1 amide bonds. The molecule has 6 rings (SSSR count). The van der Waals surface area contributed by atoms with Crippen LogP contribution >= 0.6 is 0 Å². The summed E-state index contributed by atoms with van der Waals surface area (Å²) >= 11 is -2.43. The molecule has 1 aliphatic carbocycles. The van der Waals surface area contributed by atoms with Gasteiger partial charge >= 0.3 is 13.1 Å². The molecule has 2 fully saturated rings. The molecular weight excluding hydrogens is 657 g/mol. The van der Waals surface area contributed by atoms with E-state index in [1.54, 1.807) is 24.3 Å². The molecule has 1 unspecified atom stereocenters. The third kappa shape index (κ3) is 6.67. The van der Waals surface area contributed by atoms with Crippen molar-refractivity contribution in [2.45, 2.75) is 70.7 Å². The largest absolute Gasteiger partial charge is 0.495 e. The average Bonchev–Trinajstić information content (AvgIpc) is 3.79. The number of hydrogen-bond acceptors (Lipinski definition) is 7. The summed E-state index contributed by atoms with van der Waals surface area (Å²) in [6, 6.07) is 11.9. The normalized spacial score (nSPS) is 17.5. The van der Waals surface area contributed by atoms with E-state index in [-0.39, 0.29) is 41.5 Å². The molecule has 14 heteroatoms. The zero-order valence-corrected chi connectivity index (χ0v) is 28.8. The predicted molar refractivity (Wildman–Crippen MR) is 180 cm³/mol. The highest BCUT2D eigenvalue weighted by molar-refractivity contribution is 7.76. The summed E-state index contributed by atoms with van der Waals surface area (Å²) in [5, 5.41) is 3.09. The van der Waals surface area contributed by atoms with Crippen LogP contribution in [0.1, 0.15) is 83.9 Å². The standard InChI is InChI=1S/C35H37BF2N2O8S/c1-34(2)35(3,4)48-36(47-34)26-11-7-19(13-24(26)33(42)45-6)17-40(49(43)44)18-22-15-29-25(16-23(22)20-8-9-20)30(32(41)39-5)31(46-29)21-10-12-27(37)28(38)14-21/h7,10-16,20H,8-9,17-18H2,1-6H3,(H,39,41)(H,43,44). The van der Waals surface area contributed by atoms with Gasteiger partial charge in [0.15, 0.2) is 11.6 Å². The Hall–Kier alpha value is -3.95. The highest BCUT2D eigenvalue weighted by Gasteiger charge is 2.52. The summed E-state index contributed by atoms with van der Waals surface area (Å²) in [5.41, 5.74) is 2.24. The molecule has 10 nitrogen and oxygen atoms in total. The fourth-order valence-electron chi connectivity index (χ4n) is 6.03. The minimum Gasteiger partial charge on any atom is -0.465 e. The van der Waals surface area contributed by atoms with Gasteiger partial charge in [-0.15, -0.1) is 0 Å². The molecule has 2 heterocycles. The number of amides is 1. The number of methoxy groups -OCH3 is 1. The Morgan fingerprint density at radius 1 is 1.02 bits per heavy atom. The van der Waals surface area contributed by atoms with Gasteiger partial charge in [0.1, 0.15) is 11.3 Å². The molecule has 1 saturated carbocycles. The van der Waals surface area contributed by atoms with E-state index in [1.165, 1.54) is 24.5 Å². The molecule has 2 N–H and O–H groups in total. The van der Waals surface area contributed by atoms with E-state index in [0.29, 0.717) is 27.6 Å². The summed E-state index contributed by atoms with van der Waals surface area (Å²) in [6.07, 6.45) is 1.79. The Balaban J connectivity index is 1.36. The van der Waals surface area contributed by atoms with Gasteiger partial charge in [0, 0.05) is 31.1 Å². The van der Waals surface area contributed by atoms with Crippen molar-refractivity contribution in [2.24, 2.45) is 0 Å². The van der Waals surface area contributed by atoms with Crippen molar-refractivity contribution >= 4 is 46.7 Å². The summed E-state index contributed by atoms with van der Waals surface area (Å²) < 4.78 is 76.0. The monoisotopic (exact) mass is 694 g/mol. The lowest BCUT2D eigenvalue weighted by Gasteiger charge is -2.32. The maximum atomic E-state index is 14.2. The second kappa shape index (κ2) is 13.1. The van der Waals surface area contributed by atoms with E-state index in [4.69, 9.17) is 18.5 Å².